The van der Waals surface area contributed by atoms with Crippen molar-refractivity contribution in [3.63, 3.8) is 0 Å². The number of rotatable bonds is 7. The normalized spacial score (nSPS) is 11.4. The summed E-state index contributed by atoms with van der Waals surface area (Å²) in [6, 6.07) is 3.34. The Morgan fingerprint density at radius 3 is 2.30 bits per heavy atom. The van der Waals surface area contributed by atoms with Crippen LogP contribution >= 0.6 is 0 Å². The molecule has 7 nitrogen and oxygen atoms in total. The molecule has 0 aromatic heterocycles. The molecule has 0 saturated heterocycles. The number of nitrogens with one attached hydrogen (secondary N) is 1. The van der Waals surface area contributed by atoms with Gasteiger partial charge >= 0.3 is 11.9 Å². The van der Waals surface area contributed by atoms with E-state index in [1.807, 2.05) is 5.32 Å². The summed E-state index contributed by atoms with van der Waals surface area (Å²) in [5, 5.41) is 19.2. The van der Waals surface area contributed by atoms with Gasteiger partial charge in [-0.1, -0.05) is 0 Å². The molecule has 0 spiro atoms. The van der Waals surface area contributed by atoms with E-state index in [0.29, 0.717) is 0 Å². The topological polar surface area (TPSA) is 113 Å². The Balaban J connectivity index is 2.47. The minimum absolute atomic E-state index is 0.228. The number of benzene rings is 1. The zero-order valence-corrected chi connectivity index (χ0v) is 10.2. The van der Waals surface area contributed by atoms with E-state index in [1.54, 1.807) is 0 Å². The van der Waals surface area contributed by atoms with E-state index in [1.165, 1.54) is 12.1 Å². The lowest BCUT2D eigenvalue weighted by atomic mass is 10.2. The van der Waals surface area contributed by atoms with Crippen LogP contribution in [0.15, 0.2) is 24.3 Å². The summed E-state index contributed by atoms with van der Waals surface area (Å²) in [6.45, 7) is -0.505. The zero-order chi connectivity index (χ0) is 15.1. The third kappa shape index (κ3) is 5.34. The van der Waals surface area contributed by atoms with Crippen molar-refractivity contribution < 1.29 is 33.7 Å². The molecule has 0 aliphatic heterocycles. The Labute approximate surface area is 113 Å². The predicted octanol–water partition coefficient (Wildman–Crippen LogP) is 0.249. The fourth-order valence-electron chi connectivity index (χ4n) is 1.29. The largest absolute Gasteiger partial charge is 0.484 e. The fraction of sp³-hybridized carbons (Fsp3) is 0.250. The first kappa shape index (κ1) is 15.4. The lowest BCUT2D eigenvalue weighted by Crippen LogP contribution is -2.44. The molecule has 3 N–H and O–H groups in total. The van der Waals surface area contributed by atoms with E-state index in [0.717, 1.165) is 12.1 Å². The van der Waals surface area contributed by atoms with Crippen LogP contribution < -0.4 is 10.1 Å². The minimum Gasteiger partial charge on any atom is -0.484 e. The molecule has 1 atom stereocenters. The van der Waals surface area contributed by atoms with Gasteiger partial charge in [-0.2, -0.15) is 0 Å². The number of carboxylic acid groups (broad SMARTS) is 2. The van der Waals surface area contributed by atoms with Crippen molar-refractivity contribution in [1.29, 1.82) is 0 Å². The molecule has 1 rings (SSSR count). The van der Waals surface area contributed by atoms with Gasteiger partial charge in [-0.15, -0.1) is 0 Å². The van der Waals surface area contributed by atoms with E-state index in [-0.39, 0.29) is 5.75 Å². The summed E-state index contributed by atoms with van der Waals surface area (Å²) in [6.07, 6.45) is -0.738. The third-order valence-electron chi connectivity index (χ3n) is 2.20. The molecule has 0 fully saturated rings. The average Bonchev–Trinajstić information content (AvgIpc) is 2.36. The van der Waals surface area contributed by atoms with Gasteiger partial charge in [0.15, 0.2) is 6.61 Å². The van der Waals surface area contributed by atoms with Crippen LogP contribution in [0.25, 0.3) is 0 Å². The fourth-order valence-corrected chi connectivity index (χ4v) is 1.29. The Bertz CT molecular complexity index is 501. The van der Waals surface area contributed by atoms with E-state index in [2.05, 4.69) is 0 Å². The molecule has 1 aromatic rings. The monoisotopic (exact) mass is 285 g/mol. The molecule has 0 aliphatic carbocycles. The van der Waals surface area contributed by atoms with Crippen molar-refractivity contribution >= 4 is 17.8 Å². The summed E-state index contributed by atoms with van der Waals surface area (Å²) in [7, 11) is 0. The highest BCUT2D eigenvalue weighted by molar-refractivity contribution is 5.87. The van der Waals surface area contributed by atoms with Crippen molar-refractivity contribution in [2.75, 3.05) is 6.61 Å². The Kier molecular flexibility index (Phi) is 5.45. The first-order valence-electron chi connectivity index (χ1n) is 5.51. The van der Waals surface area contributed by atoms with Crippen molar-refractivity contribution in [2.24, 2.45) is 0 Å². The number of aliphatic carboxylic acids is 2. The summed E-state index contributed by atoms with van der Waals surface area (Å²) in [4.78, 5) is 32.6. The molecule has 108 valence electrons. The molecule has 0 heterocycles. The number of hydrogen-bond acceptors (Lipinski definition) is 4. The molecule has 0 saturated carbocycles. The average molecular weight is 285 g/mol. The molecule has 0 radical (unpaired) electrons. The Morgan fingerprint density at radius 2 is 1.80 bits per heavy atom. The first-order valence-corrected chi connectivity index (χ1v) is 5.51. The van der Waals surface area contributed by atoms with Gasteiger partial charge < -0.3 is 20.3 Å². The predicted molar refractivity (Wildman–Crippen MR) is 63.7 cm³/mol. The van der Waals surface area contributed by atoms with Gasteiger partial charge in [0.1, 0.15) is 17.6 Å². The van der Waals surface area contributed by atoms with Crippen LogP contribution in [0.4, 0.5) is 4.39 Å². The van der Waals surface area contributed by atoms with Crippen molar-refractivity contribution in [3.05, 3.63) is 30.1 Å². The number of amides is 1. The number of carboxylic acids is 2. The Hall–Kier alpha value is -2.64. The highest BCUT2D eigenvalue weighted by Gasteiger charge is 2.23. The van der Waals surface area contributed by atoms with Crippen LogP contribution in [0.2, 0.25) is 0 Å². The smallest absolute Gasteiger partial charge is 0.326 e. The van der Waals surface area contributed by atoms with Crippen LogP contribution in [0.3, 0.4) is 0 Å². The molecule has 1 unspecified atom stereocenters. The van der Waals surface area contributed by atoms with Gasteiger partial charge in [-0.3, -0.25) is 9.59 Å². The number of ether oxygens (including phenoxy) is 1. The summed E-state index contributed by atoms with van der Waals surface area (Å²) >= 11 is 0. The number of carbonyl (C=O) groups excluding carboxylic acids is 1. The maximum absolute atomic E-state index is 12.6. The third-order valence-corrected chi connectivity index (χ3v) is 2.20. The summed E-state index contributed by atoms with van der Waals surface area (Å²) in [5.41, 5.74) is 0. The maximum Gasteiger partial charge on any atom is 0.326 e. The van der Waals surface area contributed by atoms with Gasteiger partial charge in [-0.05, 0) is 24.3 Å². The lowest BCUT2D eigenvalue weighted by Gasteiger charge is -2.12. The highest BCUT2D eigenvalue weighted by Crippen LogP contribution is 2.10. The van der Waals surface area contributed by atoms with Crippen LogP contribution in [0.1, 0.15) is 6.42 Å². The van der Waals surface area contributed by atoms with E-state index < -0.39 is 42.7 Å². The first-order chi connectivity index (χ1) is 9.38. The van der Waals surface area contributed by atoms with Crippen molar-refractivity contribution in [3.8, 4) is 5.75 Å². The molecular weight excluding hydrogens is 273 g/mol. The van der Waals surface area contributed by atoms with Gasteiger partial charge in [0.25, 0.3) is 5.91 Å². The zero-order valence-electron chi connectivity index (χ0n) is 10.2. The minimum atomic E-state index is -1.53. The van der Waals surface area contributed by atoms with Crippen LogP contribution in [-0.4, -0.2) is 40.7 Å². The summed E-state index contributed by atoms with van der Waals surface area (Å²) < 4.78 is 17.6. The molecule has 0 bridgehead atoms. The maximum atomic E-state index is 12.6. The lowest BCUT2D eigenvalue weighted by molar-refractivity contribution is -0.147. The van der Waals surface area contributed by atoms with E-state index in [4.69, 9.17) is 14.9 Å². The summed E-state index contributed by atoms with van der Waals surface area (Å²) in [5.74, 6) is -3.83. The van der Waals surface area contributed by atoms with Gasteiger partial charge in [0.2, 0.25) is 0 Å². The molecular formula is C12H12FNO6. The SMILES string of the molecule is O=C(O)CC(NC(=O)COc1ccc(F)cc1)C(=O)O. The van der Waals surface area contributed by atoms with Gasteiger partial charge in [-0.25, -0.2) is 9.18 Å². The molecule has 0 aliphatic rings. The van der Waals surface area contributed by atoms with Crippen LogP contribution in [-0.2, 0) is 14.4 Å². The van der Waals surface area contributed by atoms with Gasteiger partial charge in [0, 0.05) is 0 Å². The van der Waals surface area contributed by atoms with Crippen LogP contribution in [0.5, 0.6) is 5.75 Å². The Morgan fingerprint density at radius 1 is 1.20 bits per heavy atom. The molecule has 1 amide bonds. The van der Waals surface area contributed by atoms with Crippen molar-refractivity contribution in [1.82, 2.24) is 5.32 Å². The standard InChI is InChI=1S/C12H12FNO6/c13-7-1-3-8(4-2-7)20-6-10(15)14-9(12(18)19)5-11(16)17/h1-4,9H,5-6H2,(H,14,15)(H,16,17)(H,18,19). The number of hydrogen-bond donors (Lipinski definition) is 3. The van der Waals surface area contributed by atoms with Crippen molar-refractivity contribution in [2.45, 2.75) is 12.5 Å². The quantitative estimate of drug-likeness (QED) is 0.662. The second-order valence-electron chi connectivity index (χ2n) is 3.80. The van der Waals surface area contributed by atoms with E-state index >= 15 is 0 Å². The second kappa shape index (κ2) is 7.07. The molecule has 8 heteroatoms. The number of carbonyl (C=O) groups is 3. The van der Waals surface area contributed by atoms with Crippen LogP contribution in [0, 0.1) is 5.82 Å². The number of halogens is 1. The van der Waals surface area contributed by atoms with Gasteiger partial charge in [0.05, 0.1) is 6.42 Å². The highest BCUT2D eigenvalue weighted by atomic mass is 19.1. The van der Waals surface area contributed by atoms with E-state index in [9.17, 15) is 18.8 Å². The molecule has 1 aromatic carbocycles. The molecule has 20 heavy (non-hydrogen) atoms. The second-order valence-corrected chi connectivity index (χ2v) is 3.80.